The van der Waals surface area contributed by atoms with E-state index in [1.54, 1.807) is 6.20 Å². The number of aromatic nitrogens is 1. The number of nitrogens with two attached hydrogens (primary N) is 1. The Hall–Kier alpha value is -1.09. The predicted molar refractivity (Wildman–Crippen MR) is 58.3 cm³/mol. The molecule has 0 aliphatic carbocycles. The van der Waals surface area contributed by atoms with E-state index in [-0.39, 0.29) is 0 Å². The molecular formula is C11H17N3. The van der Waals surface area contributed by atoms with Gasteiger partial charge in [-0.3, -0.25) is 4.98 Å². The summed E-state index contributed by atoms with van der Waals surface area (Å²) < 4.78 is 0. The summed E-state index contributed by atoms with van der Waals surface area (Å²) in [5, 5.41) is 0. The summed E-state index contributed by atoms with van der Waals surface area (Å²) in [5.74, 6) is 0. The van der Waals surface area contributed by atoms with Crippen LogP contribution in [-0.2, 0) is 0 Å². The summed E-state index contributed by atoms with van der Waals surface area (Å²) in [6.07, 6.45) is 7.36. The second-order valence-corrected chi connectivity index (χ2v) is 3.91. The van der Waals surface area contributed by atoms with Gasteiger partial charge in [0.2, 0.25) is 0 Å². The summed E-state index contributed by atoms with van der Waals surface area (Å²) in [5.41, 5.74) is 7.20. The van der Waals surface area contributed by atoms with Crippen LogP contribution in [0.5, 0.6) is 0 Å². The van der Waals surface area contributed by atoms with E-state index in [0.29, 0.717) is 6.04 Å². The van der Waals surface area contributed by atoms with Crippen molar-refractivity contribution in [3.8, 4) is 0 Å². The lowest BCUT2D eigenvalue weighted by Crippen LogP contribution is -2.35. The molecule has 1 saturated heterocycles. The van der Waals surface area contributed by atoms with E-state index in [4.69, 9.17) is 5.73 Å². The van der Waals surface area contributed by atoms with Crippen molar-refractivity contribution >= 4 is 5.69 Å². The Kier molecular flexibility index (Phi) is 2.99. The molecule has 0 aromatic carbocycles. The van der Waals surface area contributed by atoms with Gasteiger partial charge in [0, 0.05) is 25.3 Å². The Morgan fingerprint density at radius 1 is 1.43 bits per heavy atom. The van der Waals surface area contributed by atoms with Crippen molar-refractivity contribution < 1.29 is 0 Å². The molecule has 76 valence electrons. The van der Waals surface area contributed by atoms with E-state index in [2.05, 4.69) is 16.0 Å². The molecule has 1 atom stereocenters. The molecule has 1 aromatic rings. The average Bonchev–Trinajstić information content (AvgIpc) is 2.44. The van der Waals surface area contributed by atoms with Crippen molar-refractivity contribution in [3.05, 3.63) is 24.5 Å². The average molecular weight is 191 g/mol. The van der Waals surface area contributed by atoms with Gasteiger partial charge in [-0.1, -0.05) is 6.42 Å². The third-order valence-electron chi connectivity index (χ3n) is 2.72. The number of anilines is 1. The van der Waals surface area contributed by atoms with Crippen LogP contribution in [0.4, 0.5) is 5.69 Å². The standard InChI is InChI=1S/C11H17N3/c12-10-4-1-2-7-14(9-10)11-5-3-6-13-8-11/h3,5-6,8,10H,1-2,4,7,9,12H2. The van der Waals surface area contributed by atoms with Gasteiger partial charge in [-0.25, -0.2) is 0 Å². The molecule has 0 spiro atoms. The number of nitrogens with zero attached hydrogens (tertiary/aromatic N) is 2. The largest absolute Gasteiger partial charge is 0.369 e. The van der Waals surface area contributed by atoms with Crippen LogP contribution in [0.1, 0.15) is 19.3 Å². The van der Waals surface area contributed by atoms with Gasteiger partial charge in [0.05, 0.1) is 11.9 Å². The van der Waals surface area contributed by atoms with Crippen molar-refractivity contribution in [2.75, 3.05) is 18.0 Å². The molecule has 1 unspecified atom stereocenters. The van der Waals surface area contributed by atoms with Crippen LogP contribution in [0.3, 0.4) is 0 Å². The Bertz CT molecular complexity index is 273. The number of hydrogen-bond donors (Lipinski definition) is 1. The summed E-state index contributed by atoms with van der Waals surface area (Å²) in [6.45, 7) is 2.07. The summed E-state index contributed by atoms with van der Waals surface area (Å²) in [7, 11) is 0. The van der Waals surface area contributed by atoms with Gasteiger partial charge < -0.3 is 10.6 Å². The van der Waals surface area contributed by atoms with E-state index in [1.807, 2.05) is 12.3 Å². The minimum Gasteiger partial charge on any atom is -0.369 e. The number of hydrogen-bond acceptors (Lipinski definition) is 3. The quantitative estimate of drug-likeness (QED) is 0.729. The van der Waals surface area contributed by atoms with Gasteiger partial charge in [0.25, 0.3) is 0 Å². The molecule has 0 saturated carbocycles. The summed E-state index contributed by atoms with van der Waals surface area (Å²) in [4.78, 5) is 6.47. The highest BCUT2D eigenvalue weighted by atomic mass is 15.1. The topological polar surface area (TPSA) is 42.1 Å². The van der Waals surface area contributed by atoms with Crippen molar-refractivity contribution in [1.82, 2.24) is 4.98 Å². The molecule has 2 N–H and O–H groups in total. The maximum Gasteiger partial charge on any atom is 0.0553 e. The SMILES string of the molecule is NC1CCCCN(c2cccnc2)C1. The van der Waals surface area contributed by atoms with Crippen LogP contribution in [-0.4, -0.2) is 24.1 Å². The molecule has 0 amide bonds. The third-order valence-corrected chi connectivity index (χ3v) is 2.72. The Morgan fingerprint density at radius 3 is 3.14 bits per heavy atom. The fraction of sp³-hybridized carbons (Fsp3) is 0.545. The van der Waals surface area contributed by atoms with Crippen molar-refractivity contribution in [2.24, 2.45) is 5.73 Å². The molecule has 14 heavy (non-hydrogen) atoms. The molecule has 3 heteroatoms. The van der Waals surface area contributed by atoms with E-state index in [9.17, 15) is 0 Å². The minimum absolute atomic E-state index is 0.317. The first-order valence-electron chi connectivity index (χ1n) is 5.27. The fourth-order valence-corrected chi connectivity index (χ4v) is 1.95. The second-order valence-electron chi connectivity index (χ2n) is 3.91. The van der Waals surface area contributed by atoms with E-state index < -0.39 is 0 Å². The maximum absolute atomic E-state index is 6.00. The first-order chi connectivity index (χ1) is 6.86. The molecule has 3 nitrogen and oxygen atoms in total. The lowest BCUT2D eigenvalue weighted by molar-refractivity contribution is 0.621. The number of pyridine rings is 1. The molecule has 2 rings (SSSR count). The first kappa shape index (κ1) is 9.46. The third kappa shape index (κ3) is 2.23. The molecule has 1 aliphatic rings. The van der Waals surface area contributed by atoms with Gasteiger partial charge in [-0.05, 0) is 25.0 Å². The normalized spacial score (nSPS) is 23.2. The fourth-order valence-electron chi connectivity index (χ4n) is 1.95. The van der Waals surface area contributed by atoms with E-state index in [1.165, 1.54) is 18.5 Å². The van der Waals surface area contributed by atoms with Gasteiger partial charge >= 0.3 is 0 Å². The van der Waals surface area contributed by atoms with E-state index >= 15 is 0 Å². The maximum atomic E-state index is 6.00. The molecule has 1 aromatic heterocycles. The smallest absolute Gasteiger partial charge is 0.0553 e. The van der Waals surface area contributed by atoms with Crippen LogP contribution in [0.25, 0.3) is 0 Å². The zero-order valence-corrected chi connectivity index (χ0v) is 8.39. The molecule has 2 heterocycles. The number of rotatable bonds is 1. The summed E-state index contributed by atoms with van der Waals surface area (Å²) >= 11 is 0. The highest BCUT2D eigenvalue weighted by Crippen LogP contribution is 2.17. The van der Waals surface area contributed by atoms with Gasteiger partial charge in [-0.2, -0.15) is 0 Å². The zero-order valence-electron chi connectivity index (χ0n) is 8.39. The zero-order chi connectivity index (χ0) is 9.80. The monoisotopic (exact) mass is 191 g/mol. The van der Waals surface area contributed by atoms with Crippen LogP contribution in [0.2, 0.25) is 0 Å². The Balaban J connectivity index is 2.09. The van der Waals surface area contributed by atoms with Crippen molar-refractivity contribution in [1.29, 1.82) is 0 Å². The van der Waals surface area contributed by atoms with Crippen LogP contribution >= 0.6 is 0 Å². The predicted octanol–water partition coefficient (Wildman–Crippen LogP) is 1.40. The highest BCUT2D eigenvalue weighted by Gasteiger charge is 2.14. The molecule has 0 bridgehead atoms. The lowest BCUT2D eigenvalue weighted by Gasteiger charge is -2.24. The van der Waals surface area contributed by atoms with Crippen molar-refractivity contribution in [2.45, 2.75) is 25.3 Å². The summed E-state index contributed by atoms with van der Waals surface area (Å²) in [6, 6.07) is 4.40. The lowest BCUT2D eigenvalue weighted by atomic mass is 10.2. The first-order valence-corrected chi connectivity index (χ1v) is 5.27. The molecule has 1 fully saturated rings. The van der Waals surface area contributed by atoms with Gasteiger partial charge in [0.15, 0.2) is 0 Å². The minimum atomic E-state index is 0.317. The van der Waals surface area contributed by atoms with Crippen LogP contribution < -0.4 is 10.6 Å². The second kappa shape index (κ2) is 4.42. The Morgan fingerprint density at radius 2 is 2.36 bits per heavy atom. The molecule has 1 aliphatic heterocycles. The van der Waals surface area contributed by atoms with Gasteiger partial charge in [0.1, 0.15) is 0 Å². The molecular weight excluding hydrogens is 174 g/mol. The van der Waals surface area contributed by atoms with Crippen molar-refractivity contribution in [3.63, 3.8) is 0 Å². The van der Waals surface area contributed by atoms with E-state index in [0.717, 1.165) is 19.5 Å². The van der Waals surface area contributed by atoms with Crippen LogP contribution in [0.15, 0.2) is 24.5 Å². The Labute approximate surface area is 84.9 Å². The van der Waals surface area contributed by atoms with Gasteiger partial charge in [-0.15, -0.1) is 0 Å². The highest BCUT2D eigenvalue weighted by molar-refractivity contribution is 5.43. The molecule has 0 radical (unpaired) electrons. The van der Waals surface area contributed by atoms with Crippen LogP contribution in [0, 0.1) is 0 Å².